The molecule has 7 heteroatoms. The van der Waals surface area contributed by atoms with Gasteiger partial charge < -0.3 is 18.5 Å². The third-order valence-electron chi connectivity index (χ3n) is 4.20. The van der Waals surface area contributed by atoms with Crippen molar-refractivity contribution in [2.24, 2.45) is 0 Å². The maximum atomic E-state index is 11.4. The van der Waals surface area contributed by atoms with Gasteiger partial charge in [-0.15, -0.1) is 0 Å². The summed E-state index contributed by atoms with van der Waals surface area (Å²) in [6.45, 7) is 3.45. The zero-order chi connectivity index (χ0) is 19.6. The highest BCUT2D eigenvalue weighted by Gasteiger charge is 2.08. The first kappa shape index (κ1) is 19.7. The minimum atomic E-state index is -0.247. The summed E-state index contributed by atoms with van der Waals surface area (Å²) >= 11 is 0. The molecule has 0 aliphatic heterocycles. The average molecular weight is 383 g/mol. The SMILES string of the molecule is CCOC(=O)CCc1nc(COc2ccc(CCCn3ccnc3)cc2)co1. The number of aromatic nitrogens is 3. The number of nitrogens with zero attached hydrogens (tertiary/aromatic N) is 3. The van der Waals surface area contributed by atoms with E-state index in [1.807, 2.05) is 24.7 Å². The van der Waals surface area contributed by atoms with Crippen LogP contribution in [0.4, 0.5) is 0 Å². The molecule has 3 aromatic rings. The van der Waals surface area contributed by atoms with E-state index in [-0.39, 0.29) is 12.4 Å². The average Bonchev–Trinajstić information content (AvgIpc) is 3.38. The third kappa shape index (κ3) is 6.26. The van der Waals surface area contributed by atoms with Gasteiger partial charge in [0.05, 0.1) is 19.4 Å². The zero-order valence-corrected chi connectivity index (χ0v) is 16.0. The topological polar surface area (TPSA) is 79.4 Å². The summed E-state index contributed by atoms with van der Waals surface area (Å²) in [6.07, 6.45) is 9.92. The number of carbonyl (C=O) groups is 1. The Morgan fingerprint density at radius 1 is 1.21 bits per heavy atom. The fourth-order valence-electron chi connectivity index (χ4n) is 2.77. The highest BCUT2D eigenvalue weighted by molar-refractivity contribution is 5.69. The predicted molar refractivity (Wildman–Crippen MR) is 103 cm³/mol. The lowest BCUT2D eigenvalue weighted by atomic mass is 10.1. The molecule has 0 N–H and O–H groups in total. The third-order valence-corrected chi connectivity index (χ3v) is 4.20. The number of imidazole rings is 1. The van der Waals surface area contributed by atoms with Gasteiger partial charge in [-0.2, -0.15) is 0 Å². The summed E-state index contributed by atoms with van der Waals surface area (Å²) in [5.74, 6) is 1.05. The minimum Gasteiger partial charge on any atom is -0.487 e. The Morgan fingerprint density at radius 3 is 2.82 bits per heavy atom. The van der Waals surface area contributed by atoms with E-state index in [0.29, 0.717) is 31.2 Å². The Morgan fingerprint density at radius 2 is 2.07 bits per heavy atom. The summed E-state index contributed by atoms with van der Waals surface area (Å²) in [5, 5.41) is 0. The van der Waals surface area contributed by atoms with Crippen molar-refractivity contribution < 1.29 is 18.7 Å². The van der Waals surface area contributed by atoms with Crippen molar-refractivity contribution >= 4 is 5.97 Å². The number of hydrogen-bond donors (Lipinski definition) is 0. The van der Waals surface area contributed by atoms with Gasteiger partial charge in [-0.3, -0.25) is 4.79 Å². The lowest BCUT2D eigenvalue weighted by molar-refractivity contribution is -0.143. The molecule has 0 amide bonds. The van der Waals surface area contributed by atoms with E-state index in [2.05, 4.69) is 26.7 Å². The number of benzene rings is 1. The molecule has 0 bridgehead atoms. The maximum Gasteiger partial charge on any atom is 0.306 e. The van der Waals surface area contributed by atoms with Crippen LogP contribution in [0.1, 0.15) is 36.9 Å². The Kier molecular flexibility index (Phi) is 7.23. The first-order chi connectivity index (χ1) is 13.7. The minimum absolute atomic E-state index is 0.247. The molecule has 148 valence electrons. The smallest absolute Gasteiger partial charge is 0.306 e. The molecular formula is C21H25N3O4. The lowest BCUT2D eigenvalue weighted by Crippen LogP contribution is -2.05. The summed E-state index contributed by atoms with van der Waals surface area (Å²) in [7, 11) is 0. The van der Waals surface area contributed by atoms with E-state index in [9.17, 15) is 4.79 Å². The van der Waals surface area contributed by atoms with Crippen LogP contribution >= 0.6 is 0 Å². The van der Waals surface area contributed by atoms with E-state index in [0.717, 1.165) is 25.1 Å². The van der Waals surface area contributed by atoms with Gasteiger partial charge in [0.25, 0.3) is 0 Å². The van der Waals surface area contributed by atoms with Crippen molar-refractivity contribution in [3.8, 4) is 5.75 Å². The van der Waals surface area contributed by atoms with Crippen LogP contribution in [0.2, 0.25) is 0 Å². The fraction of sp³-hybridized carbons (Fsp3) is 0.381. The first-order valence-electron chi connectivity index (χ1n) is 9.49. The molecule has 0 aliphatic carbocycles. The molecule has 0 saturated carbocycles. The van der Waals surface area contributed by atoms with Crippen LogP contribution < -0.4 is 4.74 Å². The Labute approximate surface area is 164 Å². The van der Waals surface area contributed by atoms with Crippen molar-refractivity contribution in [2.75, 3.05) is 6.61 Å². The molecule has 0 atom stereocenters. The predicted octanol–water partition coefficient (Wildman–Crippen LogP) is 3.58. The molecule has 0 aliphatic rings. The maximum absolute atomic E-state index is 11.4. The van der Waals surface area contributed by atoms with Crippen LogP contribution in [0.15, 0.2) is 53.7 Å². The van der Waals surface area contributed by atoms with Crippen LogP contribution in [0, 0.1) is 0 Å². The highest BCUT2D eigenvalue weighted by Crippen LogP contribution is 2.16. The molecule has 0 fully saturated rings. The molecule has 7 nitrogen and oxygen atoms in total. The van der Waals surface area contributed by atoms with Crippen LogP contribution in [-0.4, -0.2) is 27.1 Å². The van der Waals surface area contributed by atoms with Gasteiger partial charge in [-0.05, 0) is 37.5 Å². The number of oxazole rings is 1. The van der Waals surface area contributed by atoms with E-state index in [4.69, 9.17) is 13.9 Å². The molecule has 0 spiro atoms. The number of aryl methyl sites for hydroxylation is 3. The Bertz CT molecular complexity index is 841. The summed E-state index contributed by atoms with van der Waals surface area (Å²) < 4.78 is 18.1. The first-order valence-corrected chi connectivity index (χ1v) is 9.49. The van der Waals surface area contributed by atoms with Crippen molar-refractivity contribution in [2.45, 2.75) is 45.8 Å². The Balaban J connectivity index is 1.39. The van der Waals surface area contributed by atoms with Crippen LogP contribution in [0.25, 0.3) is 0 Å². The normalized spacial score (nSPS) is 10.8. The van der Waals surface area contributed by atoms with Crippen molar-refractivity contribution in [3.05, 3.63) is 66.4 Å². The van der Waals surface area contributed by atoms with Gasteiger partial charge in [0.2, 0.25) is 0 Å². The van der Waals surface area contributed by atoms with Gasteiger partial charge >= 0.3 is 5.97 Å². The van der Waals surface area contributed by atoms with Gasteiger partial charge in [-0.1, -0.05) is 12.1 Å². The van der Waals surface area contributed by atoms with E-state index in [1.165, 1.54) is 5.56 Å². The van der Waals surface area contributed by atoms with E-state index >= 15 is 0 Å². The summed E-state index contributed by atoms with van der Waals surface area (Å²) in [4.78, 5) is 19.7. The van der Waals surface area contributed by atoms with Crippen LogP contribution in [0.3, 0.4) is 0 Å². The number of hydrogen-bond acceptors (Lipinski definition) is 6. The molecule has 0 saturated heterocycles. The van der Waals surface area contributed by atoms with E-state index < -0.39 is 0 Å². The second kappa shape index (κ2) is 10.3. The summed E-state index contributed by atoms with van der Waals surface area (Å²) in [5.41, 5.74) is 1.97. The molecule has 2 aromatic heterocycles. The standard InChI is InChI=1S/C21H25N3O4/c1-2-26-21(25)10-9-20-23-18(15-28-20)14-27-19-7-5-17(6-8-19)4-3-12-24-13-11-22-16-24/h5-8,11,13,15-16H,2-4,9-10,12,14H2,1H3. The molecule has 0 radical (unpaired) electrons. The second-order valence-electron chi connectivity index (χ2n) is 6.37. The van der Waals surface area contributed by atoms with E-state index in [1.54, 1.807) is 19.4 Å². The van der Waals surface area contributed by atoms with Crippen molar-refractivity contribution in [3.63, 3.8) is 0 Å². The Hall–Kier alpha value is -3.09. The second-order valence-corrected chi connectivity index (χ2v) is 6.37. The van der Waals surface area contributed by atoms with Crippen LogP contribution in [-0.2, 0) is 35.5 Å². The highest BCUT2D eigenvalue weighted by atomic mass is 16.5. The number of carbonyl (C=O) groups excluding carboxylic acids is 1. The number of esters is 1. The quantitative estimate of drug-likeness (QED) is 0.471. The van der Waals surface area contributed by atoms with Crippen molar-refractivity contribution in [1.29, 1.82) is 0 Å². The largest absolute Gasteiger partial charge is 0.487 e. The van der Waals surface area contributed by atoms with Gasteiger partial charge in [0, 0.05) is 25.4 Å². The monoisotopic (exact) mass is 383 g/mol. The summed E-state index contributed by atoms with van der Waals surface area (Å²) in [6, 6.07) is 8.09. The molecule has 0 unspecified atom stereocenters. The lowest BCUT2D eigenvalue weighted by Gasteiger charge is -2.06. The molecule has 28 heavy (non-hydrogen) atoms. The van der Waals surface area contributed by atoms with Gasteiger partial charge in [-0.25, -0.2) is 9.97 Å². The molecular weight excluding hydrogens is 358 g/mol. The van der Waals surface area contributed by atoms with Gasteiger partial charge in [0.1, 0.15) is 24.3 Å². The van der Waals surface area contributed by atoms with Crippen molar-refractivity contribution in [1.82, 2.24) is 14.5 Å². The number of ether oxygens (including phenoxy) is 2. The molecule has 3 rings (SSSR count). The van der Waals surface area contributed by atoms with Gasteiger partial charge in [0.15, 0.2) is 5.89 Å². The number of rotatable bonds is 11. The van der Waals surface area contributed by atoms with Crippen LogP contribution in [0.5, 0.6) is 5.75 Å². The molecule has 1 aromatic carbocycles. The molecule has 2 heterocycles. The fourth-order valence-corrected chi connectivity index (χ4v) is 2.77. The zero-order valence-electron chi connectivity index (χ0n) is 16.0.